The Morgan fingerprint density at radius 3 is 2.50 bits per heavy atom. The summed E-state index contributed by atoms with van der Waals surface area (Å²) in [5.74, 6) is 0.363. The number of fused-ring (bicyclic) bond motifs is 2. The third kappa shape index (κ3) is 2.94. The van der Waals surface area contributed by atoms with Crippen LogP contribution in [0.2, 0.25) is 10.0 Å². The van der Waals surface area contributed by atoms with Crippen molar-refractivity contribution in [2.24, 2.45) is 5.92 Å². The number of H-pyrrole nitrogens is 1. The van der Waals surface area contributed by atoms with Crippen LogP contribution in [-0.2, 0) is 17.6 Å². The number of carbonyl (C=O) groups is 1. The number of benzene rings is 2. The number of nitrogens with one attached hydrogen (secondary N) is 1. The number of rotatable bonds is 2. The highest BCUT2D eigenvalue weighted by Gasteiger charge is 2.31. The second-order valence-corrected chi connectivity index (χ2v) is 8.41. The summed E-state index contributed by atoms with van der Waals surface area (Å²) < 4.78 is 0. The fourth-order valence-electron chi connectivity index (χ4n) is 4.51. The van der Waals surface area contributed by atoms with Gasteiger partial charge in [-0.05, 0) is 42.0 Å². The van der Waals surface area contributed by atoms with Gasteiger partial charge in [0, 0.05) is 36.2 Å². The van der Waals surface area contributed by atoms with Gasteiger partial charge in [-0.3, -0.25) is 4.79 Å². The maximum absolute atomic E-state index is 13.0. The predicted molar refractivity (Wildman–Crippen MR) is 115 cm³/mol. The van der Waals surface area contributed by atoms with Crippen molar-refractivity contribution < 1.29 is 4.79 Å². The molecule has 0 saturated carbocycles. The van der Waals surface area contributed by atoms with Crippen LogP contribution < -0.4 is 0 Å². The average Bonchev–Trinajstić information content (AvgIpc) is 3.35. The Kier molecular flexibility index (Phi) is 4.45. The lowest BCUT2D eigenvalue weighted by Gasteiger charge is -2.29. The van der Waals surface area contributed by atoms with Gasteiger partial charge in [0.25, 0.3) is 0 Å². The van der Waals surface area contributed by atoms with E-state index in [2.05, 4.69) is 35.3 Å². The Labute approximate surface area is 173 Å². The quantitative estimate of drug-likeness (QED) is 0.594. The van der Waals surface area contributed by atoms with Gasteiger partial charge in [-0.1, -0.05) is 59.6 Å². The summed E-state index contributed by atoms with van der Waals surface area (Å²) in [6, 6.07) is 12.2. The van der Waals surface area contributed by atoms with E-state index in [0.29, 0.717) is 16.6 Å². The van der Waals surface area contributed by atoms with Crippen molar-refractivity contribution in [3.05, 3.63) is 75.4 Å². The minimum atomic E-state index is 0.0846. The van der Waals surface area contributed by atoms with Crippen LogP contribution in [0.3, 0.4) is 0 Å². The van der Waals surface area contributed by atoms with Gasteiger partial charge in [-0.25, -0.2) is 0 Å². The molecule has 2 heterocycles. The van der Waals surface area contributed by atoms with E-state index >= 15 is 0 Å². The van der Waals surface area contributed by atoms with Crippen LogP contribution in [0, 0.1) is 5.92 Å². The zero-order chi connectivity index (χ0) is 19.3. The molecule has 1 N–H and O–H groups in total. The van der Waals surface area contributed by atoms with Gasteiger partial charge >= 0.3 is 0 Å². The molecule has 0 radical (unpaired) electrons. The Balaban J connectivity index is 1.33. The molecule has 0 spiro atoms. The fraction of sp³-hybridized carbons (Fsp3) is 0.261. The van der Waals surface area contributed by atoms with Gasteiger partial charge in [-0.15, -0.1) is 0 Å². The summed E-state index contributed by atoms with van der Waals surface area (Å²) >= 11 is 12.4. The Bertz CT molecular complexity index is 1090. The van der Waals surface area contributed by atoms with Gasteiger partial charge in [-0.2, -0.15) is 0 Å². The number of carbonyl (C=O) groups excluding carboxylic acids is 1. The van der Waals surface area contributed by atoms with E-state index in [1.54, 1.807) is 0 Å². The van der Waals surface area contributed by atoms with Gasteiger partial charge in [0.1, 0.15) is 0 Å². The minimum absolute atomic E-state index is 0.0846. The van der Waals surface area contributed by atoms with Crippen molar-refractivity contribution >= 4 is 45.6 Å². The molecule has 142 valence electrons. The van der Waals surface area contributed by atoms with Gasteiger partial charge in [0.05, 0.1) is 15.6 Å². The molecule has 5 rings (SSSR count). The second-order valence-electron chi connectivity index (χ2n) is 7.62. The summed E-state index contributed by atoms with van der Waals surface area (Å²) in [7, 11) is 0. The van der Waals surface area contributed by atoms with Crippen LogP contribution in [0.15, 0.2) is 48.7 Å². The van der Waals surface area contributed by atoms with Crippen LogP contribution in [0.4, 0.5) is 0 Å². The van der Waals surface area contributed by atoms with E-state index in [9.17, 15) is 4.79 Å². The third-order valence-electron chi connectivity index (χ3n) is 6.01. The molecular formula is C23H20Cl2N2O. The van der Waals surface area contributed by atoms with Crippen molar-refractivity contribution in [1.82, 2.24) is 9.88 Å². The monoisotopic (exact) mass is 410 g/mol. The molecule has 0 fully saturated rings. The van der Waals surface area contributed by atoms with Crippen molar-refractivity contribution in [3.63, 3.8) is 0 Å². The Hall–Kier alpha value is -2.23. The van der Waals surface area contributed by atoms with Crippen molar-refractivity contribution in [3.8, 4) is 0 Å². The Morgan fingerprint density at radius 1 is 1.07 bits per heavy atom. The number of nitrogens with zero attached hydrogens (tertiary/aromatic N) is 1. The van der Waals surface area contributed by atoms with E-state index in [-0.39, 0.29) is 11.8 Å². The lowest BCUT2D eigenvalue weighted by Crippen LogP contribution is -2.39. The zero-order valence-electron chi connectivity index (χ0n) is 15.3. The molecule has 1 aliphatic heterocycles. The molecule has 28 heavy (non-hydrogen) atoms. The summed E-state index contributed by atoms with van der Waals surface area (Å²) in [6.45, 7) is 1.42. The first-order chi connectivity index (χ1) is 13.6. The van der Waals surface area contributed by atoms with E-state index in [4.69, 9.17) is 23.2 Å². The van der Waals surface area contributed by atoms with Crippen molar-refractivity contribution in [2.45, 2.75) is 19.3 Å². The lowest BCUT2D eigenvalue weighted by molar-refractivity contribution is -0.134. The normalized spacial score (nSPS) is 17.1. The number of hydrogen-bond acceptors (Lipinski definition) is 1. The molecule has 1 amide bonds. The predicted octanol–water partition coefficient (Wildman–Crippen LogP) is 5.51. The molecule has 1 aromatic heterocycles. The number of hydrogen-bond donors (Lipinski definition) is 1. The fourth-order valence-corrected chi connectivity index (χ4v) is 4.89. The van der Waals surface area contributed by atoms with E-state index in [1.165, 1.54) is 16.7 Å². The summed E-state index contributed by atoms with van der Waals surface area (Å²) in [6.07, 6.45) is 6.74. The first kappa shape index (κ1) is 17.8. The van der Waals surface area contributed by atoms with Crippen LogP contribution in [-0.4, -0.2) is 28.9 Å². The number of halogens is 2. The lowest BCUT2D eigenvalue weighted by atomic mass is 9.97. The van der Waals surface area contributed by atoms with Crippen LogP contribution in [0.1, 0.15) is 23.1 Å². The van der Waals surface area contributed by atoms with Crippen LogP contribution >= 0.6 is 23.2 Å². The van der Waals surface area contributed by atoms with Gasteiger partial charge in [0.2, 0.25) is 5.91 Å². The maximum Gasteiger partial charge on any atom is 0.226 e. The molecule has 3 nitrogen and oxygen atoms in total. The van der Waals surface area contributed by atoms with Gasteiger partial charge < -0.3 is 9.88 Å². The van der Waals surface area contributed by atoms with Gasteiger partial charge in [0.15, 0.2) is 0 Å². The molecule has 0 saturated heterocycles. The standard InChI is InChI=1S/C23H20Cl2N2O/c24-20-6-5-18-19(13-26-22(18)21(20)25)14-7-9-27(10-8-14)23(28)17-11-15-3-1-2-4-16(15)12-17/h1-7,13,17,26H,8-12H2. The molecule has 0 atom stereocenters. The SMILES string of the molecule is O=C(C1Cc2ccccc2C1)N1CC=C(c2c[nH]c3c(Cl)c(Cl)ccc23)CC1. The molecule has 0 bridgehead atoms. The number of aromatic amines is 1. The highest BCUT2D eigenvalue weighted by molar-refractivity contribution is 6.45. The number of aromatic nitrogens is 1. The topological polar surface area (TPSA) is 36.1 Å². The molecule has 2 aliphatic rings. The van der Waals surface area contributed by atoms with Crippen molar-refractivity contribution in [1.29, 1.82) is 0 Å². The highest BCUT2D eigenvalue weighted by Crippen LogP contribution is 2.36. The molecular weight excluding hydrogens is 391 g/mol. The molecule has 3 aromatic rings. The van der Waals surface area contributed by atoms with E-state index < -0.39 is 0 Å². The van der Waals surface area contributed by atoms with Crippen molar-refractivity contribution in [2.75, 3.05) is 13.1 Å². The van der Waals surface area contributed by atoms with E-state index in [0.717, 1.165) is 42.3 Å². The average molecular weight is 411 g/mol. The van der Waals surface area contributed by atoms with E-state index in [1.807, 2.05) is 23.2 Å². The molecule has 1 aliphatic carbocycles. The first-order valence-electron chi connectivity index (χ1n) is 9.62. The summed E-state index contributed by atoms with van der Waals surface area (Å²) in [4.78, 5) is 18.3. The van der Waals surface area contributed by atoms with Crippen LogP contribution in [0.25, 0.3) is 16.5 Å². The number of amides is 1. The largest absolute Gasteiger partial charge is 0.359 e. The molecule has 2 aromatic carbocycles. The molecule has 0 unspecified atom stereocenters. The molecule has 5 heteroatoms. The zero-order valence-corrected chi connectivity index (χ0v) is 16.9. The smallest absolute Gasteiger partial charge is 0.226 e. The Morgan fingerprint density at radius 2 is 1.82 bits per heavy atom. The van der Waals surface area contributed by atoms with Crippen LogP contribution in [0.5, 0.6) is 0 Å². The maximum atomic E-state index is 13.0. The third-order valence-corrected chi connectivity index (χ3v) is 6.82. The highest BCUT2D eigenvalue weighted by atomic mass is 35.5. The summed E-state index contributed by atoms with van der Waals surface area (Å²) in [5, 5.41) is 2.18. The first-order valence-corrected chi connectivity index (χ1v) is 10.4. The second kappa shape index (κ2) is 6.98. The summed E-state index contributed by atoms with van der Waals surface area (Å²) in [5.41, 5.74) is 5.91. The minimum Gasteiger partial charge on any atom is -0.359 e.